The summed E-state index contributed by atoms with van der Waals surface area (Å²) in [4.78, 5) is 0. The van der Waals surface area contributed by atoms with Crippen molar-refractivity contribution in [2.45, 2.75) is 6.10 Å². The lowest BCUT2D eigenvalue weighted by Crippen LogP contribution is -2.46. The molecule has 110 valence electrons. The van der Waals surface area contributed by atoms with Crippen LogP contribution in [-0.2, 0) is 0 Å². The van der Waals surface area contributed by atoms with Gasteiger partial charge in [0.05, 0.1) is 5.02 Å². The molecule has 5 heteroatoms. The molecule has 2 aromatic rings. The number of hydrogen-bond acceptors (Lipinski definition) is 2. The summed E-state index contributed by atoms with van der Waals surface area (Å²) in [5.74, 6) is -0.189. The van der Waals surface area contributed by atoms with Crippen molar-refractivity contribution in [3.8, 4) is 5.75 Å². The van der Waals surface area contributed by atoms with Gasteiger partial charge in [-0.05, 0) is 29.8 Å². The van der Waals surface area contributed by atoms with E-state index in [-0.39, 0.29) is 22.9 Å². The van der Waals surface area contributed by atoms with Crippen LogP contribution in [0.1, 0.15) is 11.7 Å². The van der Waals surface area contributed by atoms with E-state index in [1.54, 1.807) is 18.2 Å². The molecular weight excluding hydrogens is 296 g/mol. The predicted molar refractivity (Wildman–Crippen MR) is 77.5 cm³/mol. The van der Waals surface area contributed by atoms with E-state index < -0.39 is 5.82 Å². The Kier molecular flexibility index (Phi) is 4.08. The molecule has 2 aromatic carbocycles. The maximum Gasteiger partial charge on any atom is 0.142 e. The molecule has 21 heavy (non-hydrogen) atoms. The van der Waals surface area contributed by atoms with Crippen molar-refractivity contribution < 1.29 is 13.5 Å². The van der Waals surface area contributed by atoms with Crippen molar-refractivity contribution in [1.29, 1.82) is 0 Å². The summed E-state index contributed by atoms with van der Waals surface area (Å²) in [5.41, 5.74) is 0.702. The molecule has 3 rings (SSSR count). The molecule has 1 aliphatic rings. The highest BCUT2D eigenvalue weighted by molar-refractivity contribution is 6.30. The summed E-state index contributed by atoms with van der Waals surface area (Å²) in [5, 5.41) is 3.24. The minimum Gasteiger partial charge on any atom is -0.485 e. The Labute approximate surface area is 126 Å². The van der Waals surface area contributed by atoms with Gasteiger partial charge in [-0.25, -0.2) is 8.78 Å². The lowest BCUT2D eigenvalue weighted by molar-refractivity contribution is 0.0987. The molecule has 2 nitrogen and oxygen atoms in total. The van der Waals surface area contributed by atoms with E-state index in [2.05, 4.69) is 5.32 Å². The molecule has 1 N–H and O–H groups in total. The lowest BCUT2D eigenvalue weighted by Gasteiger charge is -2.35. The van der Waals surface area contributed by atoms with E-state index in [1.165, 1.54) is 24.3 Å². The number of hydrogen-bond donors (Lipinski definition) is 1. The zero-order chi connectivity index (χ0) is 14.8. The first-order valence-electron chi connectivity index (χ1n) is 6.71. The van der Waals surface area contributed by atoms with Gasteiger partial charge in [0.25, 0.3) is 0 Å². The summed E-state index contributed by atoms with van der Waals surface area (Å²) in [6, 6.07) is 10.6. The summed E-state index contributed by atoms with van der Waals surface area (Å²) < 4.78 is 32.8. The minimum absolute atomic E-state index is 0.0787. The van der Waals surface area contributed by atoms with Crippen molar-refractivity contribution in [1.82, 2.24) is 5.32 Å². The quantitative estimate of drug-likeness (QED) is 0.923. The van der Waals surface area contributed by atoms with Gasteiger partial charge in [-0.2, -0.15) is 0 Å². The van der Waals surface area contributed by atoms with Crippen molar-refractivity contribution in [2.24, 2.45) is 5.92 Å². The number of ether oxygens (including phenoxy) is 1. The Hall–Kier alpha value is -1.65. The second-order valence-electron chi connectivity index (χ2n) is 5.09. The van der Waals surface area contributed by atoms with E-state index in [1.807, 2.05) is 0 Å². The van der Waals surface area contributed by atoms with Crippen LogP contribution in [0.25, 0.3) is 0 Å². The first kappa shape index (κ1) is 14.3. The monoisotopic (exact) mass is 309 g/mol. The van der Waals surface area contributed by atoms with Gasteiger partial charge in [0.15, 0.2) is 0 Å². The molecule has 0 unspecified atom stereocenters. The predicted octanol–water partition coefficient (Wildman–Crippen LogP) is 3.96. The SMILES string of the molecule is Fc1cccc(O[C@@H](c2ccc(Cl)c(F)c2)C2CNC2)c1. The molecule has 0 spiro atoms. The van der Waals surface area contributed by atoms with E-state index in [9.17, 15) is 8.78 Å². The van der Waals surface area contributed by atoms with Crippen LogP contribution in [0.15, 0.2) is 42.5 Å². The number of benzene rings is 2. The van der Waals surface area contributed by atoms with Crippen LogP contribution in [0.5, 0.6) is 5.75 Å². The van der Waals surface area contributed by atoms with Gasteiger partial charge in [0, 0.05) is 25.1 Å². The maximum atomic E-state index is 13.7. The second-order valence-corrected chi connectivity index (χ2v) is 5.49. The fourth-order valence-corrected chi connectivity index (χ4v) is 2.46. The van der Waals surface area contributed by atoms with Gasteiger partial charge in [0.2, 0.25) is 0 Å². The molecule has 0 saturated carbocycles. The van der Waals surface area contributed by atoms with Crippen molar-refractivity contribution >= 4 is 11.6 Å². The van der Waals surface area contributed by atoms with Crippen LogP contribution in [0.2, 0.25) is 5.02 Å². The Morgan fingerprint density at radius 2 is 1.95 bits per heavy atom. The largest absolute Gasteiger partial charge is 0.485 e. The average molecular weight is 310 g/mol. The minimum atomic E-state index is -0.478. The molecule has 0 aromatic heterocycles. The Balaban J connectivity index is 1.88. The first-order chi connectivity index (χ1) is 10.1. The van der Waals surface area contributed by atoms with Gasteiger partial charge < -0.3 is 10.1 Å². The van der Waals surface area contributed by atoms with Gasteiger partial charge >= 0.3 is 0 Å². The van der Waals surface area contributed by atoms with Crippen molar-refractivity contribution in [2.75, 3.05) is 13.1 Å². The summed E-state index contributed by atoms with van der Waals surface area (Å²) in [6.45, 7) is 1.56. The van der Waals surface area contributed by atoms with Crippen LogP contribution in [-0.4, -0.2) is 13.1 Å². The summed E-state index contributed by atoms with van der Waals surface area (Å²) in [7, 11) is 0. The van der Waals surface area contributed by atoms with Crippen LogP contribution in [0.3, 0.4) is 0 Å². The molecule has 1 fully saturated rings. The number of nitrogens with one attached hydrogen (secondary N) is 1. The van der Waals surface area contributed by atoms with Crippen LogP contribution < -0.4 is 10.1 Å². The molecule has 0 aliphatic carbocycles. The van der Waals surface area contributed by atoms with Gasteiger partial charge in [0.1, 0.15) is 23.5 Å². The highest BCUT2D eigenvalue weighted by Crippen LogP contribution is 2.32. The molecule has 1 heterocycles. The highest BCUT2D eigenvalue weighted by Gasteiger charge is 2.30. The molecular formula is C16H14ClF2NO. The topological polar surface area (TPSA) is 21.3 Å². The van der Waals surface area contributed by atoms with Crippen molar-refractivity contribution in [3.63, 3.8) is 0 Å². The van der Waals surface area contributed by atoms with E-state index >= 15 is 0 Å². The number of rotatable bonds is 4. The smallest absolute Gasteiger partial charge is 0.142 e. The lowest BCUT2D eigenvalue weighted by atomic mass is 9.90. The van der Waals surface area contributed by atoms with Crippen LogP contribution in [0, 0.1) is 17.6 Å². The Morgan fingerprint density at radius 1 is 1.14 bits per heavy atom. The fraction of sp³-hybridized carbons (Fsp3) is 0.250. The first-order valence-corrected chi connectivity index (χ1v) is 7.09. The molecule has 0 radical (unpaired) electrons. The molecule has 1 saturated heterocycles. The molecule has 1 aliphatic heterocycles. The Bertz CT molecular complexity index is 646. The zero-order valence-electron chi connectivity index (χ0n) is 11.2. The van der Waals surface area contributed by atoms with E-state index in [0.717, 1.165) is 13.1 Å². The average Bonchev–Trinajstić information content (AvgIpc) is 2.39. The van der Waals surface area contributed by atoms with Crippen molar-refractivity contribution in [3.05, 3.63) is 64.7 Å². The van der Waals surface area contributed by atoms with Gasteiger partial charge in [-0.1, -0.05) is 23.7 Å². The summed E-state index contributed by atoms with van der Waals surface area (Å²) in [6.07, 6.45) is -0.334. The zero-order valence-corrected chi connectivity index (χ0v) is 11.9. The number of halogens is 3. The maximum absolute atomic E-state index is 13.7. The third kappa shape index (κ3) is 3.17. The third-order valence-electron chi connectivity index (χ3n) is 3.57. The fourth-order valence-electron chi connectivity index (χ4n) is 2.34. The van der Waals surface area contributed by atoms with E-state index in [0.29, 0.717) is 11.3 Å². The molecule has 1 atom stereocenters. The molecule has 0 amide bonds. The van der Waals surface area contributed by atoms with E-state index in [4.69, 9.17) is 16.3 Å². The molecule has 0 bridgehead atoms. The standard InChI is InChI=1S/C16H14ClF2NO/c17-14-5-4-10(6-15(14)19)16(11-8-20-9-11)21-13-3-1-2-12(18)7-13/h1-7,11,16,20H,8-9H2/t16-/m0/s1. The third-order valence-corrected chi connectivity index (χ3v) is 3.88. The summed E-state index contributed by atoms with van der Waals surface area (Å²) >= 11 is 5.72. The Morgan fingerprint density at radius 3 is 2.57 bits per heavy atom. The van der Waals surface area contributed by atoms with Gasteiger partial charge in [-0.15, -0.1) is 0 Å². The normalized spacial score (nSPS) is 16.3. The van der Waals surface area contributed by atoms with Gasteiger partial charge in [-0.3, -0.25) is 0 Å². The highest BCUT2D eigenvalue weighted by atomic mass is 35.5. The van der Waals surface area contributed by atoms with Crippen LogP contribution in [0.4, 0.5) is 8.78 Å². The second kappa shape index (κ2) is 6.00. The van der Waals surface area contributed by atoms with Crippen LogP contribution >= 0.6 is 11.6 Å².